The van der Waals surface area contributed by atoms with Crippen LogP contribution in [0, 0.1) is 0 Å². The van der Waals surface area contributed by atoms with Crippen molar-refractivity contribution in [2.75, 3.05) is 39.6 Å². The minimum Gasteiger partial charge on any atom is -0.462 e. The van der Waals surface area contributed by atoms with E-state index in [9.17, 15) is 43.2 Å². The molecule has 17 nitrogen and oxygen atoms in total. The van der Waals surface area contributed by atoms with Crippen molar-refractivity contribution >= 4 is 39.5 Å². The van der Waals surface area contributed by atoms with Crippen molar-refractivity contribution in [1.82, 2.24) is 0 Å². The van der Waals surface area contributed by atoms with Gasteiger partial charge in [0.05, 0.1) is 26.4 Å². The lowest BCUT2D eigenvalue weighted by molar-refractivity contribution is -0.161. The van der Waals surface area contributed by atoms with Gasteiger partial charge in [0.25, 0.3) is 0 Å². The Labute approximate surface area is 665 Å². The van der Waals surface area contributed by atoms with E-state index in [0.29, 0.717) is 32.1 Å². The van der Waals surface area contributed by atoms with E-state index in [0.717, 1.165) is 180 Å². The number of hydrogen-bond acceptors (Lipinski definition) is 15. The van der Waals surface area contributed by atoms with E-state index in [1.54, 1.807) is 0 Å². The molecule has 0 aromatic heterocycles. The lowest BCUT2D eigenvalue weighted by Crippen LogP contribution is -2.30. The lowest BCUT2D eigenvalue weighted by Gasteiger charge is -2.21. The third kappa shape index (κ3) is 79.7. The van der Waals surface area contributed by atoms with Gasteiger partial charge in [-0.2, -0.15) is 0 Å². The maximum Gasteiger partial charge on any atom is 0.472 e. The number of carbonyl (C=O) groups excluding carboxylic acids is 4. The summed E-state index contributed by atoms with van der Waals surface area (Å²) in [7, 11) is -10.0. The highest BCUT2D eigenvalue weighted by molar-refractivity contribution is 7.47. The van der Waals surface area contributed by atoms with Crippen molar-refractivity contribution in [3.8, 4) is 0 Å². The number of aliphatic hydroxyl groups is 1. The van der Waals surface area contributed by atoms with Gasteiger partial charge in [0.1, 0.15) is 19.3 Å². The Morgan fingerprint density at radius 2 is 0.482 bits per heavy atom. The number of carbonyl (C=O) groups is 4. The molecule has 0 radical (unpaired) electrons. The zero-order valence-corrected chi connectivity index (χ0v) is 69.6. The van der Waals surface area contributed by atoms with Crippen LogP contribution in [0.3, 0.4) is 0 Å². The fourth-order valence-electron chi connectivity index (χ4n) is 10.0. The largest absolute Gasteiger partial charge is 0.472 e. The summed E-state index contributed by atoms with van der Waals surface area (Å²) in [6.45, 7) is 4.33. The molecule has 0 saturated heterocycles. The van der Waals surface area contributed by atoms with E-state index in [1.807, 2.05) is 12.2 Å². The highest BCUT2D eigenvalue weighted by Gasteiger charge is 2.30. The van der Waals surface area contributed by atoms with Crippen LogP contribution in [0.2, 0.25) is 0 Å². The van der Waals surface area contributed by atoms with Crippen LogP contribution in [0.25, 0.3) is 0 Å². The molecule has 620 valence electrons. The highest BCUT2D eigenvalue weighted by atomic mass is 31.2. The third-order valence-electron chi connectivity index (χ3n) is 16.2. The molecule has 0 heterocycles. The zero-order valence-electron chi connectivity index (χ0n) is 67.8. The van der Waals surface area contributed by atoms with E-state index in [2.05, 4.69) is 222 Å². The molecule has 110 heavy (non-hydrogen) atoms. The van der Waals surface area contributed by atoms with Gasteiger partial charge in [-0.25, -0.2) is 9.13 Å². The van der Waals surface area contributed by atoms with Gasteiger partial charge in [0, 0.05) is 25.7 Å². The van der Waals surface area contributed by atoms with E-state index < -0.39 is 97.5 Å². The second-order valence-electron chi connectivity index (χ2n) is 26.6. The normalized spacial score (nSPS) is 14.9. The molecule has 0 aliphatic heterocycles. The molecule has 19 heteroatoms. The van der Waals surface area contributed by atoms with Crippen LogP contribution in [0.4, 0.5) is 0 Å². The van der Waals surface area contributed by atoms with Crippen molar-refractivity contribution < 1.29 is 80.2 Å². The van der Waals surface area contributed by atoms with Gasteiger partial charge in [-0.05, 0) is 186 Å². The summed E-state index contributed by atoms with van der Waals surface area (Å²) in [4.78, 5) is 73.2. The van der Waals surface area contributed by atoms with Gasteiger partial charge in [-0.3, -0.25) is 37.3 Å². The van der Waals surface area contributed by atoms with Gasteiger partial charge < -0.3 is 33.8 Å². The summed E-state index contributed by atoms with van der Waals surface area (Å²) >= 11 is 0. The van der Waals surface area contributed by atoms with Crippen LogP contribution in [0.5, 0.6) is 0 Å². The Morgan fingerprint density at radius 1 is 0.264 bits per heavy atom. The van der Waals surface area contributed by atoms with E-state index in [-0.39, 0.29) is 25.7 Å². The van der Waals surface area contributed by atoms with Crippen LogP contribution < -0.4 is 0 Å². The first-order valence-electron chi connectivity index (χ1n) is 41.3. The SMILES string of the molecule is CC/C=C\C/C=C\C/C=C\C/C=C\C/C=C\CCCCCC(=O)OCC(COP(=O)(O)OCC(O)COP(=O)(O)OCC(COC(=O)CCCCC/C=C\C/C=C\C/C=C\C/C=C\C/C=C\CC)OC(=O)CCCCCCC/C=C\C/C=C\CCCCC)OC(=O)CCC/C=C\C/C=C\C/C=C\C/C=C\C/C=C\CC. The molecule has 0 amide bonds. The molecule has 0 spiro atoms. The van der Waals surface area contributed by atoms with Gasteiger partial charge >= 0.3 is 39.5 Å². The minimum absolute atomic E-state index is 0.000882. The fraction of sp³-hybridized carbons (Fsp3) is 0.582. The Balaban J connectivity index is 5.53. The summed E-state index contributed by atoms with van der Waals surface area (Å²) in [5.41, 5.74) is 0. The smallest absolute Gasteiger partial charge is 0.462 e. The summed E-state index contributed by atoms with van der Waals surface area (Å²) in [6.07, 6.45) is 101. The topological polar surface area (TPSA) is 237 Å². The minimum atomic E-state index is -5.02. The van der Waals surface area contributed by atoms with E-state index in [1.165, 1.54) is 19.3 Å². The number of rotatable bonds is 75. The molecule has 5 atom stereocenters. The molecule has 0 saturated carbocycles. The average Bonchev–Trinajstić information content (AvgIpc) is 0.906. The Bertz CT molecular complexity index is 2900. The average molecular weight is 1570 g/mol. The zero-order chi connectivity index (χ0) is 80.3. The molecule has 0 aliphatic carbocycles. The molecule has 0 fully saturated rings. The van der Waals surface area contributed by atoms with Crippen LogP contribution in [-0.2, 0) is 65.4 Å². The number of unbranched alkanes of at least 4 members (excludes halogenated alkanes) is 15. The summed E-state index contributed by atoms with van der Waals surface area (Å²) in [6, 6.07) is 0. The number of allylic oxidation sites excluding steroid dienone is 34. The molecule has 0 bridgehead atoms. The van der Waals surface area contributed by atoms with Crippen LogP contribution in [0.15, 0.2) is 207 Å². The Morgan fingerprint density at radius 3 is 0.773 bits per heavy atom. The van der Waals surface area contributed by atoms with Crippen LogP contribution >= 0.6 is 15.6 Å². The molecular weight excluding hydrogens is 1430 g/mol. The summed E-state index contributed by atoms with van der Waals surface area (Å²) in [5, 5.41) is 10.7. The standard InChI is InChI=1S/C91H144O17P2/c1-5-9-13-17-21-25-29-33-37-40-42-45-48-51-55-59-63-67-71-75-88(93)101-81-86(107-90(95)77-73-69-65-61-57-53-47-36-32-28-24-20-16-12-8-4)83-105-109(97,98)103-79-85(92)80-104-110(99,100)106-84-87(108-91(96)78-74-70-66-62-58-54-50-44-39-35-31-27-23-19-15-11-7-3)82-102-89(94)76-72-68-64-60-56-52-49-46-43-41-38-34-30-26-22-18-14-10-6-2/h9-11,13-15,21-28,33-39,42-43,45-47,50-52,54-56,62,66,85-87,92H,5-8,12,16-20,29-32,40-41,44,48-49,53,57-61,63-65,67-84H2,1-4H3,(H,97,98)(H,99,100)/b13-9-,14-10-,15-11-,25-21-,26-22-,27-23-,28-24-,37-33-,38-34-,39-35-,45-42-,46-43-,47-36-,54-50-,55-51-,56-52-,66-62-. The molecular formula is C91H144O17P2. The van der Waals surface area contributed by atoms with Gasteiger partial charge in [0.15, 0.2) is 12.2 Å². The fourth-order valence-corrected chi connectivity index (χ4v) is 11.6. The van der Waals surface area contributed by atoms with Crippen LogP contribution in [0.1, 0.15) is 285 Å². The molecule has 3 N–H and O–H groups in total. The Hall–Kier alpha value is -6.36. The molecule has 5 unspecified atom stereocenters. The third-order valence-corrected chi connectivity index (χ3v) is 18.1. The van der Waals surface area contributed by atoms with Crippen molar-refractivity contribution in [2.24, 2.45) is 0 Å². The van der Waals surface area contributed by atoms with Crippen molar-refractivity contribution in [3.05, 3.63) is 207 Å². The maximum absolute atomic E-state index is 13.1. The summed E-state index contributed by atoms with van der Waals surface area (Å²) in [5.74, 6) is -2.35. The van der Waals surface area contributed by atoms with Gasteiger partial charge in [0.2, 0.25) is 0 Å². The number of aliphatic hydroxyl groups excluding tert-OH is 1. The highest BCUT2D eigenvalue weighted by Crippen LogP contribution is 2.45. The molecule has 0 aromatic rings. The number of phosphoric ester groups is 2. The molecule has 0 aromatic carbocycles. The van der Waals surface area contributed by atoms with Gasteiger partial charge in [-0.1, -0.05) is 279 Å². The van der Waals surface area contributed by atoms with E-state index >= 15 is 0 Å². The second-order valence-corrected chi connectivity index (χ2v) is 29.5. The molecule has 0 aliphatic rings. The van der Waals surface area contributed by atoms with Crippen molar-refractivity contribution in [3.63, 3.8) is 0 Å². The van der Waals surface area contributed by atoms with Crippen molar-refractivity contribution in [2.45, 2.75) is 303 Å². The molecule has 0 rings (SSSR count). The first-order chi connectivity index (χ1) is 53.7. The number of esters is 4. The summed E-state index contributed by atoms with van der Waals surface area (Å²) < 4.78 is 68.6. The van der Waals surface area contributed by atoms with Gasteiger partial charge in [-0.15, -0.1) is 0 Å². The second kappa shape index (κ2) is 80.7. The maximum atomic E-state index is 13.1. The predicted molar refractivity (Wildman–Crippen MR) is 454 cm³/mol. The Kier molecular flexibility index (Phi) is 76.0. The first kappa shape index (κ1) is 104. The number of phosphoric acid groups is 2. The quantitative estimate of drug-likeness (QED) is 0.0169. The number of hydrogen-bond donors (Lipinski definition) is 3. The van der Waals surface area contributed by atoms with E-state index in [4.69, 9.17) is 37.0 Å². The lowest BCUT2D eigenvalue weighted by atomic mass is 10.1. The van der Waals surface area contributed by atoms with Crippen molar-refractivity contribution in [1.29, 1.82) is 0 Å². The first-order valence-corrected chi connectivity index (χ1v) is 44.3. The number of ether oxygens (including phenoxy) is 4. The van der Waals surface area contributed by atoms with Crippen LogP contribution in [-0.4, -0.2) is 96.7 Å². The monoisotopic (exact) mass is 1570 g/mol. The predicted octanol–water partition coefficient (Wildman–Crippen LogP) is 24.7.